The van der Waals surface area contributed by atoms with Gasteiger partial charge in [0.15, 0.2) is 0 Å². The molecule has 2 aromatic rings. The van der Waals surface area contributed by atoms with Gasteiger partial charge in [-0.2, -0.15) is 0 Å². The Balaban J connectivity index is 1.44. The molecule has 0 saturated carbocycles. The maximum Gasteiger partial charge on any atom is 0.256 e. The van der Waals surface area contributed by atoms with Crippen LogP contribution in [0.3, 0.4) is 0 Å². The predicted molar refractivity (Wildman–Crippen MR) is 124 cm³/mol. The molecule has 0 bridgehead atoms. The Morgan fingerprint density at radius 3 is 2.71 bits per heavy atom. The van der Waals surface area contributed by atoms with Crippen molar-refractivity contribution in [2.24, 2.45) is 0 Å². The first-order valence-corrected chi connectivity index (χ1v) is 11.2. The summed E-state index contributed by atoms with van der Waals surface area (Å²) in [5.41, 5.74) is 6.23. The summed E-state index contributed by atoms with van der Waals surface area (Å²) < 4.78 is 0. The highest BCUT2D eigenvalue weighted by Crippen LogP contribution is 2.34. The van der Waals surface area contributed by atoms with Crippen molar-refractivity contribution in [3.8, 4) is 0 Å². The Bertz CT molecular complexity index is 1080. The van der Waals surface area contributed by atoms with E-state index in [0.29, 0.717) is 11.0 Å². The molecule has 6 nitrogen and oxygen atoms in total. The third-order valence-corrected chi connectivity index (χ3v) is 6.72. The zero-order valence-electron chi connectivity index (χ0n) is 18.0. The smallest absolute Gasteiger partial charge is 0.256 e. The number of likely N-dealkylation sites (tertiary alicyclic amines) is 1. The number of hydrogen-bond acceptors (Lipinski definition) is 3. The van der Waals surface area contributed by atoms with Gasteiger partial charge in [-0.3, -0.25) is 9.59 Å². The van der Waals surface area contributed by atoms with Gasteiger partial charge in [0.2, 0.25) is 0 Å². The summed E-state index contributed by atoms with van der Waals surface area (Å²) in [5.74, 6) is -0.0472. The third kappa shape index (κ3) is 3.72. The number of aryl methyl sites for hydroxylation is 1. The highest BCUT2D eigenvalue weighted by atomic mass is 16.2. The molecule has 2 amide bonds. The topological polar surface area (TPSA) is 68.4 Å². The van der Waals surface area contributed by atoms with E-state index in [1.165, 1.54) is 12.8 Å². The van der Waals surface area contributed by atoms with Crippen molar-refractivity contribution in [2.75, 3.05) is 38.0 Å². The van der Waals surface area contributed by atoms with Gasteiger partial charge < -0.3 is 20.1 Å². The minimum Gasteiger partial charge on any atom is -0.358 e. The second-order valence-electron chi connectivity index (χ2n) is 8.78. The average molecular weight is 414 g/mol. The van der Waals surface area contributed by atoms with Crippen LogP contribution in [0.4, 0.5) is 5.69 Å². The molecule has 0 spiro atoms. The molecule has 1 saturated heterocycles. The zero-order chi connectivity index (χ0) is 21.5. The van der Waals surface area contributed by atoms with Gasteiger partial charge in [-0.15, -0.1) is 0 Å². The van der Waals surface area contributed by atoms with Crippen molar-refractivity contribution in [1.29, 1.82) is 0 Å². The van der Waals surface area contributed by atoms with Gasteiger partial charge in [0, 0.05) is 42.3 Å². The molecule has 7 heteroatoms. The molecule has 1 fully saturated rings. The van der Waals surface area contributed by atoms with Crippen LogP contribution in [-0.2, 0) is 11.2 Å². The number of rotatable bonds is 4. The summed E-state index contributed by atoms with van der Waals surface area (Å²) in [6.45, 7) is 6.76. The zero-order valence-corrected chi connectivity index (χ0v) is 18.0. The van der Waals surface area contributed by atoms with Crippen molar-refractivity contribution in [1.82, 2.24) is 14.8 Å². The lowest BCUT2D eigenvalue weighted by Crippen LogP contribution is -2.38. The molecule has 0 aliphatic carbocycles. The monoisotopic (exact) mass is 414 g/mol. The van der Waals surface area contributed by atoms with Gasteiger partial charge in [0.25, 0.3) is 11.8 Å². The fourth-order valence-electron chi connectivity index (χ4n) is 4.98. The van der Waals surface area contributed by atoms with E-state index in [0.717, 1.165) is 79.3 Å². The van der Waals surface area contributed by atoms with Crippen LogP contribution in [0.15, 0.2) is 18.2 Å². The number of fused-ring (bicyclic) bond motifs is 2. The minimum absolute atomic E-state index is 0.102. The van der Waals surface area contributed by atoms with Crippen molar-refractivity contribution in [3.05, 3.63) is 46.3 Å². The molecule has 158 valence electrons. The lowest BCUT2D eigenvalue weighted by atomic mass is 9.92. The maximum absolute atomic E-state index is 13.4. The maximum atomic E-state index is 13.4. The van der Waals surface area contributed by atoms with E-state index in [2.05, 4.69) is 15.2 Å². The molecule has 1 aromatic heterocycles. The lowest BCUT2D eigenvalue weighted by Gasteiger charge is -2.24. The molecule has 3 aliphatic heterocycles. The number of aromatic nitrogens is 1. The second-order valence-corrected chi connectivity index (χ2v) is 8.78. The fraction of sp³-hybridized carbons (Fsp3) is 0.417. The van der Waals surface area contributed by atoms with Gasteiger partial charge in [-0.25, -0.2) is 0 Å². The number of aromatic amines is 1. The fourth-order valence-corrected chi connectivity index (χ4v) is 4.98. The molecule has 4 heterocycles. The summed E-state index contributed by atoms with van der Waals surface area (Å²) in [7, 11) is 5.94. The molecule has 3 aliphatic rings. The van der Waals surface area contributed by atoms with Crippen molar-refractivity contribution in [2.45, 2.75) is 32.6 Å². The minimum atomic E-state index is -0.150. The van der Waals surface area contributed by atoms with Gasteiger partial charge in [-0.1, -0.05) is 17.6 Å². The SMILES string of the molecule is [B]c1ccc2c(c1)/C(=C/c1[nH]c3c(c1C)C(=O)N(CCN1CCCC1)CCC3)C(=O)N2. The average Bonchev–Trinajstić information content (AvgIpc) is 3.41. The highest BCUT2D eigenvalue weighted by Gasteiger charge is 2.29. The van der Waals surface area contributed by atoms with E-state index < -0.39 is 0 Å². The van der Waals surface area contributed by atoms with Gasteiger partial charge in [-0.05, 0) is 63.4 Å². The number of hydrogen-bond donors (Lipinski definition) is 2. The van der Waals surface area contributed by atoms with E-state index in [1.807, 2.05) is 30.0 Å². The molecular weight excluding hydrogens is 387 g/mol. The predicted octanol–water partition coefficient (Wildman–Crippen LogP) is 2.09. The number of H-pyrrole nitrogens is 1. The van der Waals surface area contributed by atoms with E-state index in [4.69, 9.17) is 7.85 Å². The van der Waals surface area contributed by atoms with E-state index >= 15 is 0 Å². The summed E-state index contributed by atoms with van der Waals surface area (Å²) in [6.07, 6.45) is 6.15. The third-order valence-electron chi connectivity index (χ3n) is 6.72. The second kappa shape index (κ2) is 8.04. The van der Waals surface area contributed by atoms with Crippen LogP contribution in [0.2, 0.25) is 0 Å². The number of nitrogens with one attached hydrogen (secondary N) is 2. The summed E-state index contributed by atoms with van der Waals surface area (Å²) in [5, 5.41) is 2.89. The first-order chi connectivity index (χ1) is 15.0. The Kier molecular flexibility index (Phi) is 5.22. The van der Waals surface area contributed by atoms with Crippen LogP contribution < -0.4 is 10.8 Å². The lowest BCUT2D eigenvalue weighted by molar-refractivity contribution is -0.110. The van der Waals surface area contributed by atoms with Crippen LogP contribution in [-0.4, -0.2) is 67.2 Å². The van der Waals surface area contributed by atoms with Crippen LogP contribution >= 0.6 is 0 Å². The molecule has 0 atom stereocenters. The highest BCUT2D eigenvalue weighted by molar-refractivity contribution is 6.37. The number of nitrogens with zero attached hydrogens (tertiary/aromatic N) is 2. The standard InChI is InChI=1S/C24H27BN4O2/c1-15-21(14-18-17-13-16(25)6-7-19(17)27-23(18)30)26-20-5-4-10-29(24(31)22(15)20)12-11-28-8-2-3-9-28/h6-7,13-14,26H,2-5,8-12H2,1H3,(H,27,30)/b18-14-. The molecule has 2 radical (unpaired) electrons. The summed E-state index contributed by atoms with van der Waals surface area (Å²) in [4.78, 5) is 33.8. The normalized spacial score (nSPS) is 20.2. The largest absolute Gasteiger partial charge is 0.358 e. The van der Waals surface area contributed by atoms with Gasteiger partial charge in [0.1, 0.15) is 7.85 Å². The van der Waals surface area contributed by atoms with Crippen LogP contribution in [0.5, 0.6) is 0 Å². The first kappa shape index (κ1) is 20.1. The van der Waals surface area contributed by atoms with Crippen LogP contribution in [0, 0.1) is 6.92 Å². The molecular formula is C24H27BN4O2. The van der Waals surface area contributed by atoms with E-state index in [9.17, 15) is 9.59 Å². The quantitative estimate of drug-likeness (QED) is 0.595. The molecule has 1 aromatic carbocycles. The van der Waals surface area contributed by atoms with Crippen molar-refractivity contribution >= 4 is 42.5 Å². The number of amides is 2. The van der Waals surface area contributed by atoms with Crippen molar-refractivity contribution < 1.29 is 9.59 Å². The van der Waals surface area contributed by atoms with Gasteiger partial charge >= 0.3 is 0 Å². The van der Waals surface area contributed by atoms with E-state index in [1.54, 1.807) is 6.07 Å². The summed E-state index contributed by atoms with van der Waals surface area (Å²) >= 11 is 0. The Morgan fingerprint density at radius 2 is 1.90 bits per heavy atom. The Labute approximate surface area is 184 Å². The van der Waals surface area contributed by atoms with Crippen LogP contribution in [0.25, 0.3) is 11.6 Å². The van der Waals surface area contributed by atoms with Crippen LogP contribution in [0.1, 0.15) is 52.1 Å². The molecule has 0 unspecified atom stereocenters. The van der Waals surface area contributed by atoms with Gasteiger partial charge in [0.05, 0.1) is 11.1 Å². The first-order valence-electron chi connectivity index (χ1n) is 11.2. The van der Waals surface area contributed by atoms with Crippen molar-refractivity contribution in [3.63, 3.8) is 0 Å². The van der Waals surface area contributed by atoms with E-state index in [-0.39, 0.29) is 11.8 Å². The number of carbonyl (C=O) groups is 2. The number of carbonyl (C=O) groups excluding carboxylic acids is 2. The number of benzene rings is 1. The molecule has 31 heavy (non-hydrogen) atoms. The molecule has 2 N–H and O–H groups in total. The number of anilines is 1. The summed E-state index contributed by atoms with van der Waals surface area (Å²) in [6, 6.07) is 5.41. The Hall–Kier alpha value is -2.80. The molecule has 5 rings (SSSR count). The Morgan fingerprint density at radius 1 is 1.10 bits per heavy atom.